The molecule has 0 aliphatic carbocycles. The number of nitrogens with zero attached hydrogens (tertiary/aromatic N) is 3. The van der Waals surface area contributed by atoms with Gasteiger partial charge in [-0.2, -0.15) is 0 Å². The average Bonchev–Trinajstić information content (AvgIpc) is 2.80. The molecule has 0 aliphatic rings. The van der Waals surface area contributed by atoms with E-state index in [0.717, 1.165) is 10.6 Å². The highest BCUT2D eigenvalue weighted by molar-refractivity contribution is 7.09. The van der Waals surface area contributed by atoms with E-state index >= 15 is 0 Å². The van der Waals surface area contributed by atoms with Gasteiger partial charge >= 0.3 is 0 Å². The topological polar surface area (TPSA) is 76.7 Å². The quantitative estimate of drug-likeness (QED) is 0.610. The van der Waals surface area contributed by atoms with Gasteiger partial charge in [-0.25, -0.2) is 20.4 Å². The first-order valence-electron chi connectivity index (χ1n) is 4.92. The van der Waals surface area contributed by atoms with E-state index in [1.165, 1.54) is 0 Å². The summed E-state index contributed by atoms with van der Waals surface area (Å²) in [6.07, 6.45) is 6.06. The van der Waals surface area contributed by atoms with E-state index in [9.17, 15) is 0 Å². The van der Waals surface area contributed by atoms with Crippen molar-refractivity contribution in [2.45, 2.75) is 19.4 Å². The van der Waals surface area contributed by atoms with Gasteiger partial charge in [-0.3, -0.25) is 5.84 Å². The van der Waals surface area contributed by atoms with Crippen molar-refractivity contribution in [1.82, 2.24) is 20.4 Å². The van der Waals surface area contributed by atoms with E-state index in [1.54, 1.807) is 29.9 Å². The lowest BCUT2D eigenvalue weighted by Crippen LogP contribution is -2.31. The van der Waals surface area contributed by atoms with Crippen LogP contribution in [0.2, 0.25) is 0 Å². The first-order valence-corrected chi connectivity index (χ1v) is 5.80. The van der Waals surface area contributed by atoms with Crippen LogP contribution in [-0.4, -0.2) is 15.0 Å². The summed E-state index contributed by atoms with van der Waals surface area (Å²) >= 11 is 1.60. The number of hydrazine groups is 1. The lowest BCUT2D eigenvalue weighted by Gasteiger charge is -2.12. The molecule has 0 bridgehead atoms. The smallest absolute Gasteiger partial charge is 0.146 e. The van der Waals surface area contributed by atoms with Crippen molar-refractivity contribution in [3.8, 4) is 0 Å². The molecule has 16 heavy (non-hydrogen) atoms. The summed E-state index contributed by atoms with van der Waals surface area (Å²) < 4.78 is 0. The van der Waals surface area contributed by atoms with Crippen LogP contribution >= 0.6 is 11.3 Å². The normalized spacial score (nSPS) is 12.6. The molecule has 2 rings (SSSR count). The lowest BCUT2D eigenvalue weighted by molar-refractivity contribution is 0.521. The molecule has 0 saturated heterocycles. The number of aryl methyl sites for hydroxylation is 1. The molecule has 2 aromatic rings. The fraction of sp³-hybridized carbons (Fsp3) is 0.300. The number of hydrogen-bond donors (Lipinski definition) is 2. The average molecular weight is 235 g/mol. The predicted molar refractivity (Wildman–Crippen MR) is 62.7 cm³/mol. The van der Waals surface area contributed by atoms with Crippen LogP contribution < -0.4 is 11.3 Å². The third-order valence-electron chi connectivity index (χ3n) is 2.18. The largest absolute Gasteiger partial charge is 0.271 e. The second kappa shape index (κ2) is 5.11. The first kappa shape index (κ1) is 11.1. The van der Waals surface area contributed by atoms with Crippen LogP contribution in [0.25, 0.3) is 0 Å². The number of thiazole rings is 1. The van der Waals surface area contributed by atoms with Crippen molar-refractivity contribution in [3.05, 3.63) is 40.4 Å². The molecule has 0 saturated carbocycles. The molecule has 84 valence electrons. The highest BCUT2D eigenvalue weighted by atomic mass is 32.1. The molecular formula is C10H13N5S. The second-order valence-corrected chi connectivity index (χ2v) is 4.45. The lowest BCUT2D eigenvalue weighted by atomic mass is 10.2. The first-order chi connectivity index (χ1) is 7.79. The molecule has 0 radical (unpaired) electrons. The molecule has 2 heterocycles. The van der Waals surface area contributed by atoms with E-state index < -0.39 is 0 Å². The summed E-state index contributed by atoms with van der Waals surface area (Å²) in [7, 11) is 0. The number of hydrogen-bond acceptors (Lipinski definition) is 6. The van der Waals surface area contributed by atoms with Crippen LogP contribution in [0.15, 0.2) is 24.0 Å². The monoisotopic (exact) mass is 235 g/mol. The minimum absolute atomic E-state index is 0.0910. The van der Waals surface area contributed by atoms with Gasteiger partial charge in [0.25, 0.3) is 0 Å². The zero-order chi connectivity index (χ0) is 11.4. The molecule has 1 atom stereocenters. The van der Waals surface area contributed by atoms with Crippen LogP contribution in [0.3, 0.4) is 0 Å². The zero-order valence-electron chi connectivity index (χ0n) is 8.92. The Morgan fingerprint density at radius 1 is 1.38 bits per heavy atom. The Morgan fingerprint density at radius 2 is 2.12 bits per heavy atom. The molecular weight excluding hydrogens is 222 g/mol. The van der Waals surface area contributed by atoms with Gasteiger partial charge in [-0.05, 0) is 12.5 Å². The molecule has 0 aromatic carbocycles. The number of aromatic nitrogens is 3. The van der Waals surface area contributed by atoms with E-state index in [2.05, 4.69) is 20.4 Å². The predicted octanol–water partition coefficient (Wildman–Crippen LogP) is 0.989. The van der Waals surface area contributed by atoms with Crippen molar-refractivity contribution in [2.75, 3.05) is 0 Å². The highest BCUT2D eigenvalue weighted by Crippen LogP contribution is 2.15. The van der Waals surface area contributed by atoms with E-state index in [1.807, 2.05) is 12.3 Å². The Labute approximate surface area is 97.7 Å². The molecule has 6 heteroatoms. The Bertz CT molecular complexity index is 425. The fourth-order valence-electron chi connectivity index (χ4n) is 1.34. The standard InChI is InChI=1S/C10H13N5S/c1-7-5-13-10(14-6-7)8(15-11)4-9-12-2-3-16-9/h2-3,5-6,8,15H,4,11H2,1H3. The van der Waals surface area contributed by atoms with Crippen LogP contribution in [0, 0.1) is 6.92 Å². The second-order valence-electron chi connectivity index (χ2n) is 3.47. The van der Waals surface area contributed by atoms with Gasteiger partial charge in [0.2, 0.25) is 0 Å². The minimum atomic E-state index is -0.0910. The van der Waals surface area contributed by atoms with Crippen molar-refractivity contribution in [2.24, 2.45) is 5.84 Å². The SMILES string of the molecule is Cc1cnc(C(Cc2nccs2)NN)nc1. The van der Waals surface area contributed by atoms with Gasteiger partial charge in [-0.1, -0.05) is 0 Å². The molecule has 5 nitrogen and oxygen atoms in total. The third kappa shape index (κ3) is 2.60. The maximum absolute atomic E-state index is 5.51. The summed E-state index contributed by atoms with van der Waals surface area (Å²) in [6, 6.07) is -0.0910. The number of nitrogens with one attached hydrogen (secondary N) is 1. The molecule has 0 amide bonds. The maximum atomic E-state index is 5.51. The van der Waals surface area contributed by atoms with Crippen LogP contribution in [0.5, 0.6) is 0 Å². The van der Waals surface area contributed by atoms with Crippen LogP contribution in [0.4, 0.5) is 0 Å². The van der Waals surface area contributed by atoms with Gasteiger partial charge in [0, 0.05) is 30.4 Å². The summed E-state index contributed by atoms with van der Waals surface area (Å²) in [6.45, 7) is 1.95. The van der Waals surface area contributed by atoms with Gasteiger partial charge in [-0.15, -0.1) is 11.3 Å². The van der Waals surface area contributed by atoms with Crippen molar-refractivity contribution < 1.29 is 0 Å². The van der Waals surface area contributed by atoms with Gasteiger partial charge in [0.05, 0.1) is 11.0 Å². The highest BCUT2D eigenvalue weighted by Gasteiger charge is 2.14. The summed E-state index contributed by atoms with van der Waals surface area (Å²) in [4.78, 5) is 12.7. The molecule has 1 unspecified atom stereocenters. The van der Waals surface area contributed by atoms with Gasteiger partial charge in [0.1, 0.15) is 5.82 Å². The van der Waals surface area contributed by atoms with Gasteiger partial charge in [0.15, 0.2) is 0 Å². The zero-order valence-corrected chi connectivity index (χ0v) is 9.74. The summed E-state index contributed by atoms with van der Waals surface area (Å²) in [5.74, 6) is 6.20. The van der Waals surface area contributed by atoms with E-state index in [-0.39, 0.29) is 6.04 Å². The molecule has 3 N–H and O–H groups in total. The fourth-order valence-corrected chi connectivity index (χ4v) is 2.00. The molecule has 0 spiro atoms. The maximum Gasteiger partial charge on any atom is 0.146 e. The van der Waals surface area contributed by atoms with Crippen molar-refractivity contribution >= 4 is 11.3 Å². The number of rotatable bonds is 4. The van der Waals surface area contributed by atoms with Crippen molar-refractivity contribution in [3.63, 3.8) is 0 Å². The van der Waals surface area contributed by atoms with Crippen molar-refractivity contribution in [1.29, 1.82) is 0 Å². The third-order valence-corrected chi connectivity index (χ3v) is 2.98. The van der Waals surface area contributed by atoms with Crippen LogP contribution in [-0.2, 0) is 6.42 Å². The van der Waals surface area contributed by atoms with Crippen LogP contribution in [0.1, 0.15) is 22.4 Å². The van der Waals surface area contributed by atoms with E-state index in [0.29, 0.717) is 12.2 Å². The molecule has 2 aromatic heterocycles. The molecule has 0 fully saturated rings. The Hall–Kier alpha value is -1.37. The Morgan fingerprint density at radius 3 is 2.69 bits per heavy atom. The summed E-state index contributed by atoms with van der Waals surface area (Å²) in [5, 5.41) is 2.96. The minimum Gasteiger partial charge on any atom is -0.271 e. The Balaban J connectivity index is 2.13. The van der Waals surface area contributed by atoms with E-state index in [4.69, 9.17) is 5.84 Å². The number of nitrogens with two attached hydrogens (primary N) is 1. The summed E-state index contributed by atoms with van der Waals surface area (Å²) in [5.41, 5.74) is 3.75. The molecule has 0 aliphatic heterocycles. The Kier molecular flexibility index (Phi) is 3.55. The van der Waals surface area contributed by atoms with Gasteiger partial charge < -0.3 is 0 Å².